The highest BCUT2D eigenvalue weighted by atomic mass is 19.4. The Morgan fingerprint density at radius 3 is 1.53 bits per heavy atom. The van der Waals surface area contributed by atoms with Gasteiger partial charge in [0, 0.05) is 0 Å². The van der Waals surface area contributed by atoms with E-state index in [2.05, 4.69) is 0 Å². The van der Waals surface area contributed by atoms with E-state index in [0.29, 0.717) is 0 Å². The second-order valence-electron chi connectivity index (χ2n) is 3.28. The van der Waals surface area contributed by atoms with E-state index < -0.39 is 43.4 Å². The normalized spacial score (nSPS) is 13.6. The molecule has 1 amide bonds. The van der Waals surface area contributed by atoms with Gasteiger partial charge in [-0.25, -0.2) is 0 Å². The Bertz CT molecular complexity index is 268. The number of carbonyl (C=O) groups excluding carboxylic acids is 1. The summed E-state index contributed by atoms with van der Waals surface area (Å²) in [5.74, 6) is -8.44. The van der Waals surface area contributed by atoms with Gasteiger partial charge in [0.2, 0.25) is 0 Å². The molecule has 0 aliphatic carbocycles. The highest BCUT2D eigenvalue weighted by Gasteiger charge is 2.64. The quantitative estimate of drug-likeness (QED) is 0.482. The van der Waals surface area contributed by atoms with Crippen molar-refractivity contribution in [3.8, 4) is 0 Å². The third-order valence-electron chi connectivity index (χ3n) is 1.93. The Morgan fingerprint density at radius 1 is 0.941 bits per heavy atom. The molecule has 5 nitrogen and oxygen atoms in total. The molecule has 0 unspecified atom stereocenters. The molecular weight excluding hydrogens is 257 g/mol. The maximum absolute atomic E-state index is 12.5. The molecule has 0 saturated carbocycles. The molecule has 17 heavy (non-hydrogen) atoms. The van der Waals surface area contributed by atoms with Crippen molar-refractivity contribution in [2.75, 3.05) is 19.8 Å². The molecule has 0 spiro atoms. The molecular formula is C7H10F5NO4. The van der Waals surface area contributed by atoms with Crippen molar-refractivity contribution in [2.45, 2.75) is 17.6 Å². The van der Waals surface area contributed by atoms with Crippen LogP contribution in [0.4, 0.5) is 22.0 Å². The Labute approximate surface area is 91.9 Å². The summed E-state index contributed by atoms with van der Waals surface area (Å²) in [6.45, 7) is -3.63. The maximum Gasteiger partial charge on any atom is 0.463 e. The maximum atomic E-state index is 12.5. The number of halogens is 5. The Balaban J connectivity index is 4.97. The summed E-state index contributed by atoms with van der Waals surface area (Å²) in [6.07, 6.45) is -6.11. The molecule has 0 aliphatic rings. The highest BCUT2D eigenvalue weighted by molar-refractivity contribution is 5.85. The van der Waals surface area contributed by atoms with Gasteiger partial charge in [-0.05, 0) is 0 Å². The number of rotatable bonds is 5. The molecule has 0 bridgehead atoms. The zero-order valence-electron chi connectivity index (χ0n) is 8.26. The van der Waals surface area contributed by atoms with Gasteiger partial charge in [0.05, 0.1) is 19.8 Å². The van der Waals surface area contributed by atoms with Crippen LogP contribution in [0.15, 0.2) is 0 Å². The van der Waals surface area contributed by atoms with Crippen molar-refractivity contribution >= 4 is 5.91 Å². The van der Waals surface area contributed by atoms with Crippen LogP contribution < -0.4 is 5.32 Å². The topological polar surface area (TPSA) is 89.8 Å². The van der Waals surface area contributed by atoms with Gasteiger partial charge in [0.1, 0.15) is 5.54 Å². The molecule has 0 radical (unpaired) electrons. The molecule has 0 fully saturated rings. The van der Waals surface area contributed by atoms with Crippen LogP contribution in [0, 0.1) is 0 Å². The van der Waals surface area contributed by atoms with E-state index in [0.717, 1.165) is 5.32 Å². The fourth-order valence-electron chi connectivity index (χ4n) is 0.717. The Hall–Kier alpha value is -1.00. The Kier molecular flexibility index (Phi) is 4.80. The van der Waals surface area contributed by atoms with Crippen molar-refractivity contribution in [1.82, 2.24) is 5.32 Å². The van der Waals surface area contributed by atoms with Gasteiger partial charge in [-0.15, -0.1) is 0 Å². The number of aliphatic hydroxyl groups is 3. The first kappa shape index (κ1) is 16.0. The van der Waals surface area contributed by atoms with E-state index in [-0.39, 0.29) is 0 Å². The van der Waals surface area contributed by atoms with E-state index in [9.17, 15) is 26.7 Å². The van der Waals surface area contributed by atoms with Gasteiger partial charge in [-0.1, -0.05) is 0 Å². The number of hydrogen-bond donors (Lipinski definition) is 4. The number of carbonyl (C=O) groups is 1. The minimum Gasteiger partial charge on any atom is -0.394 e. The van der Waals surface area contributed by atoms with Crippen molar-refractivity contribution < 1.29 is 42.1 Å². The van der Waals surface area contributed by atoms with Gasteiger partial charge in [0.25, 0.3) is 0 Å². The smallest absolute Gasteiger partial charge is 0.394 e. The van der Waals surface area contributed by atoms with Crippen LogP contribution in [-0.2, 0) is 4.79 Å². The SMILES string of the molecule is O=C(NC(CO)(CO)CO)C(F)(F)C(F)(F)F. The van der Waals surface area contributed by atoms with Crippen LogP contribution in [0.3, 0.4) is 0 Å². The van der Waals surface area contributed by atoms with Gasteiger partial charge < -0.3 is 20.6 Å². The first-order valence-electron chi connectivity index (χ1n) is 4.16. The third-order valence-corrected chi connectivity index (χ3v) is 1.93. The van der Waals surface area contributed by atoms with Gasteiger partial charge in [-0.3, -0.25) is 4.79 Å². The van der Waals surface area contributed by atoms with Gasteiger partial charge in [0.15, 0.2) is 0 Å². The lowest BCUT2D eigenvalue weighted by Gasteiger charge is -2.30. The summed E-state index contributed by atoms with van der Waals surface area (Å²) in [4.78, 5) is 10.7. The molecule has 0 rings (SSSR count). The van der Waals surface area contributed by atoms with E-state index in [1.54, 1.807) is 0 Å². The molecule has 0 atom stereocenters. The summed E-state index contributed by atoms with van der Waals surface area (Å²) in [5, 5.41) is 27.0. The minimum atomic E-state index is -6.11. The second-order valence-corrected chi connectivity index (χ2v) is 3.28. The number of amides is 1. The average Bonchev–Trinajstić information content (AvgIpc) is 2.24. The van der Waals surface area contributed by atoms with Crippen LogP contribution in [0.1, 0.15) is 0 Å². The van der Waals surface area contributed by atoms with Gasteiger partial charge >= 0.3 is 18.0 Å². The molecule has 0 aromatic heterocycles. The number of aliphatic hydroxyl groups excluding tert-OH is 3. The summed E-state index contributed by atoms with van der Waals surface area (Å²) in [7, 11) is 0. The lowest BCUT2D eigenvalue weighted by molar-refractivity contribution is -0.270. The summed E-state index contributed by atoms with van der Waals surface area (Å²) in [6, 6.07) is 0. The van der Waals surface area contributed by atoms with Crippen molar-refractivity contribution in [3.05, 3.63) is 0 Å². The lowest BCUT2D eigenvalue weighted by atomic mass is 10.0. The molecule has 0 saturated heterocycles. The van der Waals surface area contributed by atoms with Crippen molar-refractivity contribution in [3.63, 3.8) is 0 Å². The van der Waals surface area contributed by atoms with E-state index in [1.165, 1.54) is 0 Å². The van der Waals surface area contributed by atoms with Crippen LogP contribution >= 0.6 is 0 Å². The fourth-order valence-corrected chi connectivity index (χ4v) is 0.717. The van der Waals surface area contributed by atoms with Crippen molar-refractivity contribution in [2.24, 2.45) is 0 Å². The van der Waals surface area contributed by atoms with Crippen molar-refractivity contribution in [1.29, 1.82) is 0 Å². The molecule has 10 heteroatoms. The first-order valence-corrected chi connectivity index (χ1v) is 4.16. The van der Waals surface area contributed by atoms with Crippen LogP contribution in [0.5, 0.6) is 0 Å². The predicted molar refractivity (Wildman–Crippen MR) is 43.1 cm³/mol. The summed E-state index contributed by atoms with van der Waals surface area (Å²) < 4.78 is 60.3. The van der Waals surface area contributed by atoms with E-state index in [4.69, 9.17) is 15.3 Å². The molecule has 0 heterocycles. The molecule has 102 valence electrons. The third kappa shape index (κ3) is 3.23. The van der Waals surface area contributed by atoms with E-state index >= 15 is 0 Å². The lowest BCUT2D eigenvalue weighted by Crippen LogP contribution is -2.62. The van der Waals surface area contributed by atoms with Crippen LogP contribution in [-0.4, -0.2) is 58.7 Å². The zero-order valence-corrected chi connectivity index (χ0v) is 8.26. The van der Waals surface area contributed by atoms with E-state index in [1.807, 2.05) is 0 Å². The second kappa shape index (κ2) is 5.10. The number of alkyl halides is 5. The number of nitrogens with one attached hydrogen (secondary N) is 1. The monoisotopic (exact) mass is 267 g/mol. The average molecular weight is 267 g/mol. The van der Waals surface area contributed by atoms with Gasteiger partial charge in [-0.2, -0.15) is 22.0 Å². The summed E-state index contributed by atoms with van der Waals surface area (Å²) >= 11 is 0. The minimum absolute atomic E-state index is 1.07. The standard InChI is InChI=1S/C7H10F5NO4/c8-6(9,7(10,11)12)4(17)13-5(1-14,2-15)3-16/h14-16H,1-3H2,(H,13,17). The zero-order chi connectivity index (χ0) is 13.9. The molecule has 0 aromatic carbocycles. The highest BCUT2D eigenvalue weighted by Crippen LogP contribution is 2.35. The van der Waals surface area contributed by atoms with Crippen LogP contribution in [0.2, 0.25) is 0 Å². The molecule has 0 aromatic rings. The summed E-state index contributed by atoms with van der Waals surface area (Å²) in [5.41, 5.74) is -2.34. The number of hydrogen-bond acceptors (Lipinski definition) is 4. The largest absolute Gasteiger partial charge is 0.463 e. The Morgan fingerprint density at radius 2 is 1.29 bits per heavy atom. The fraction of sp³-hybridized carbons (Fsp3) is 0.857. The first-order chi connectivity index (χ1) is 7.56. The van der Waals surface area contributed by atoms with Crippen LogP contribution in [0.25, 0.3) is 0 Å². The molecule has 4 N–H and O–H groups in total. The predicted octanol–water partition coefficient (Wildman–Crippen LogP) is -0.984. The molecule has 0 aliphatic heterocycles.